The highest BCUT2D eigenvalue weighted by Gasteiger charge is 2.76. The molecule has 0 spiro atoms. The minimum atomic E-state index is -0.794. The maximum atomic E-state index is 6.59. The zero-order valence-corrected chi connectivity index (χ0v) is 17.2. The van der Waals surface area contributed by atoms with Gasteiger partial charge in [-0.25, -0.2) is 0 Å². The molecule has 2 unspecified atom stereocenters. The first-order valence-corrected chi connectivity index (χ1v) is 9.86. The third-order valence-corrected chi connectivity index (χ3v) is 6.64. The minimum absolute atomic E-state index is 0.0960. The van der Waals surface area contributed by atoms with E-state index in [2.05, 4.69) is 61.9 Å². The van der Waals surface area contributed by atoms with Gasteiger partial charge in [-0.3, -0.25) is 0 Å². The highest BCUT2D eigenvalue weighted by molar-refractivity contribution is 5.57. The summed E-state index contributed by atoms with van der Waals surface area (Å²) in [5, 5.41) is 0. The van der Waals surface area contributed by atoms with Crippen molar-refractivity contribution in [1.82, 2.24) is 0 Å². The van der Waals surface area contributed by atoms with Gasteiger partial charge in [0.25, 0.3) is 0 Å². The van der Waals surface area contributed by atoms with Crippen molar-refractivity contribution in [3.63, 3.8) is 0 Å². The number of ether oxygens (including phenoxy) is 3. The van der Waals surface area contributed by atoms with Gasteiger partial charge in [0, 0.05) is 36.5 Å². The Morgan fingerprint density at radius 3 is 2.30 bits per heavy atom. The molecule has 2 bridgehead atoms. The minimum Gasteiger partial charge on any atom is -0.496 e. The van der Waals surface area contributed by atoms with Crippen molar-refractivity contribution >= 4 is 0 Å². The van der Waals surface area contributed by atoms with E-state index in [4.69, 9.17) is 14.2 Å². The van der Waals surface area contributed by atoms with Gasteiger partial charge in [-0.2, -0.15) is 4.57 Å². The zero-order chi connectivity index (χ0) is 19.4. The Morgan fingerprint density at radius 1 is 0.963 bits per heavy atom. The second-order valence-corrected chi connectivity index (χ2v) is 8.15. The van der Waals surface area contributed by atoms with Crippen molar-refractivity contribution < 1.29 is 18.8 Å². The van der Waals surface area contributed by atoms with Gasteiger partial charge < -0.3 is 14.2 Å². The summed E-state index contributed by atoms with van der Waals surface area (Å²) in [6.45, 7) is 12.1. The number of benzene rings is 1. The molecule has 1 aromatic carbocycles. The van der Waals surface area contributed by atoms with Crippen LogP contribution in [0.3, 0.4) is 0 Å². The van der Waals surface area contributed by atoms with E-state index < -0.39 is 11.2 Å². The summed E-state index contributed by atoms with van der Waals surface area (Å²) in [4.78, 5) is 0. The van der Waals surface area contributed by atoms with Gasteiger partial charge in [-0.1, -0.05) is 18.2 Å². The molecule has 2 atom stereocenters. The van der Waals surface area contributed by atoms with Crippen molar-refractivity contribution in [2.75, 3.05) is 20.3 Å². The monoisotopic (exact) mass is 368 g/mol. The molecule has 27 heavy (non-hydrogen) atoms. The number of methoxy groups -OCH3 is 1. The number of aromatic nitrogens is 1. The summed E-state index contributed by atoms with van der Waals surface area (Å²) in [7, 11) is 1.74. The molecule has 0 fully saturated rings. The lowest BCUT2D eigenvalue weighted by atomic mass is 9.50. The topological polar surface area (TPSA) is 31.6 Å². The standard InChI is InChI=1S/C23H30NO3/c1-7-26-23(27-8-2)21(3,4)20-16-12-11-13-17(25-6)19(16)22(23,5)18-14-9-10-15-24(18)20/h9-15,20H,7-8H2,1-6H3/q+1. The largest absolute Gasteiger partial charge is 0.496 e. The maximum Gasteiger partial charge on any atom is 0.199 e. The predicted molar refractivity (Wildman–Crippen MR) is 104 cm³/mol. The molecule has 0 saturated heterocycles. The van der Waals surface area contributed by atoms with Crippen molar-refractivity contribution in [3.8, 4) is 5.75 Å². The van der Waals surface area contributed by atoms with E-state index in [0.29, 0.717) is 13.2 Å². The average molecular weight is 368 g/mol. The lowest BCUT2D eigenvalue weighted by molar-refractivity contribution is -0.760. The molecule has 2 aromatic rings. The molecule has 5 rings (SSSR count). The molecule has 3 aliphatic rings. The second kappa shape index (κ2) is 6.05. The number of hydrogen-bond acceptors (Lipinski definition) is 3. The van der Waals surface area contributed by atoms with Crippen LogP contribution in [-0.4, -0.2) is 26.1 Å². The van der Waals surface area contributed by atoms with Gasteiger partial charge >= 0.3 is 0 Å². The van der Waals surface area contributed by atoms with Crippen molar-refractivity contribution in [1.29, 1.82) is 0 Å². The van der Waals surface area contributed by atoms with E-state index >= 15 is 0 Å². The predicted octanol–water partition coefficient (Wildman–Crippen LogP) is 4.00. The third-order valence-electron chi connectivity index (χ3n) is 6.64. The van der Waals surface area contributed by atoms with Crippen LogP contribution in [0.2, 0.25) is 0 Å². The molecule has 0 N–H and O–H groups in total. The second-order valence-electron chi connectivity index (χ2n) is 8.15. The molecule has 2 aliphatic heterocycles. The van der Waals surface area contributed by atoms with Crippen LogP contribution in [0.25, 0.3) is 0 Å². The number of fused-ring (bicyclic) bond motifs is 1. The van der Waals surface area contributed by atoms with E-state index in [-0.39, 0.29) is 11.5 Å². The summed E-state index contributed by atoms with van der Waals surface area (Å²) >= 11 is 0. The smallest absolute Gasteiger partial charge is 0.199 e. The molecule has 1 aromatic heterocycles. The first kappa shape index (κ1) is 18.5. The molecule has 0 radical (unpaired) electrons. The van der Waals surface area contributed by atoms with Gasteiger partial charge in [0.2, 0.25) is 0 Å². The molecule has 4 nitrogen and oxygen atoms in total. The molecular formula is C23H30NO3+. The van der Waals surface area contributed by atoms with E-state index in [9.17, 15) is 0 Å². The quantitative estimate of drug-likeness (QED) is 0.590. The van der Waals surface area contributed by atoms with Crippen molar-refractivity contribution in [3.05, 3.63) is 59.4 Å². The Kier molecular flexibility index (Phi) is 4.13. The Balaban J connectivity index is 2.18. The van der Waals surface area contributed by atoms with E-state index in [1.807, 2.05) is 19.9 Å². The van der Waals surface area contributed by atoms with Gasteiger partial charge in [-0.15, -0.1) is 0 Å². The zero-order valence-electron chi connectivity index (χ0n) is 17.2. The first-order valence-electron chi connectivity index (χ1n) is 9.86. The summed E-state index contributed by atoms with van der Waals surface area (Å²) in [6.07, 6.45) is 2.18. The molecule has 0 saturated carbocycles. The van der Waals surface area contributed by atoms with E-state index in [1.165, 1.54) is 16.8 Å². The van der Waals surface area contributed by atoms with E-state index in [1.54, 1.807) is 7.11 Å². The average Bonchev–Trinajstić information content (AvgIpc) is 2.66. The lowest BCUT2D eigenvalue weighted by Gasteiger charge is -2.62. The number of pyridine rings is 1. The molecule has 4 heteroatoms. The Hall–Kier alpha value is -1.91. The highest BCUT2D eigenvalue weighted by Crippen LogP contribution is 2.66. The van der Waals surface area contributed by atoms with Crippen molar-refractivity contribution in [2.45, 2.75) is 51.9 Å². The fourth-order valence-corrected chi connectivity index (χ4v) is 5.87. The Morgan fingerprint density at radius 2 is 1.67 bits per heavy atom. The van der Waals surface area contributed by atoms with Crippen LogP contribution in [0, 0.1) is 5.41 Å². The van der Waals surface area contributed by atoms with Crippen LogP contribution in [0.15, 0.2) is 42.6 Å². The van der Waals surface area contributed by atoms with Crippen LogP contribution < -0.4 is 9.30 Å². The van der Waals surface area contributed by atoms with Crippen LogP contribution in [0.1, 0.15) is 57.5 Å². The molecule has 3 heterocycles. The summed E-state index contributed by atoms with van der Waals surface area (Å²) in [6, 6.07) is 12.9. The van der Waals surface area contributed by atoms with Gasteiger partial charge in [-0.05, 0) is 40.7 Å². The Labute approximate surface area is 162 Å². The van der Waals surface area contributed by atoms with Crippen LogP contribution in [-0.2, 0) is 14.9 Å². The number of rotatable bonds is 5. The normalized spacial score (nSPS) is 26.4. The number of hydrogen-bond donors (Lipinski definition) is 0. The molecule has 1 aliphatic carbocycles. The summed E-state index contributed by atoms with van der Waals surface area (Å²) in [5.74, 6) is 0.103. The van der Waals surface area contributed by atoms with E-state index in [0.717, 1.165) is 5.75 Å². The highest BCUT2D eigenvalue weighted by atomic mass is 16.7. The molecule has 0 amide bonds. The van der Waals surface area contributed by atoms with Crippen LogP contribution in [0.4, 0.5) is 0 Å². The number of nitrogens with zero attached hydrogens (tertiary/aromatic N) is 1. The fourth-order valence-electron chi connectivity index (χ4n) is 5.87. The summed E-state index contributed by atoms with van der Waals surface area (Å²) < 4.78 is 21.4. The van der Waals surface area contributed by atoms with Crippen LogP contribution in [0.5, 0.6) is 5.75 Å². The fraction of sp³-hybridized carbons (Fsp3) is 0.522. The maximum absolute atomic E-state index is 6.59. The van der Waals surface area contributed by atoms with Crippen molar-refractivity contribution in [2.24, 2.45) is 5.41 Å². The SMILES string of the molecule is CCOC1(OCC)C2(C)c3c(OC)cccc3C([n+]3ccccc32)C1(C)C. The first-order chi connectivity index (χ1) is 12.9. The van der Waals surface area contributed by atoms with Gasteiger partial charge in [0.1, 0.15) is 11.2 Å². The Bertz CT molecular complexity index is 870. The van der Waals surface area contributed by atoms with Gasteiger partial charge in [0.15, 0.2) is 23.7 Å². The van der Waals surface area contributed by atoms with Gasteiger partial charge in [0.05, 0.1) is 12.5 Å². The summed E-state index contributed by atoms with van der Waals surface area (Å²) in [5.41, 5.74) is 2.88. The lowest BCUT2D eigenvalue weighted by Crippen LogP contribution is -2.78. The molecule has 144 valence electrons. The van der Waals surface area contributed by atoms with Crippen LogP contribution >= 0.6 is 0 Å². The molecular weight excluding hydrogens is 338 g/mol. The third kappa shape index (κ3) is 1.98.